The van der Waals surface area contributed by atoms with E-state index >= 15 is 0 Å². The van der Waals surface area contributed by atoms with E-state index in [1.807, 2.05) is 28.9 Å². The summed E-state index contributed by atoms with van der Waals surface area (Å²) in [5, 5.41) is 4.20. The minimum absolute atomic E-state index is 0.190. The first kappa shape index (κ1) is 14.8. The highest BCUT2D eigenvalue weighted by Crippen LogP contribution is 2.23. The molecule has 0 aromatic carbocycles. The van der Waals surface area contributed by atoms with Gasteiger partial charge >= 0.3 is 0 Å². The molecule has 1 aliphatic heterocycles. The van der Waals surface area contributed by atoms with E-state index in [2.05, 4.69) is 22.2 Å². The van der Waals surface area contributed by atoms with E-state index < -0.39 is 0 Å². The molecule has 0 saturated carbocycles. The third kappa shape index (κ3) is 3.18. The second-order valence-corrected chi connectivity index (χ2v) is 6.07. The van der Waals surface area contributed by atoms with Crippen LogP contribution >= 0.6 is 0 Å². The lowest BCUT2D eigenvalue weighted by Crippen LogP contribution is -2.39. The number of hydrogen-bond donors (Lipinski definition) is 0. The summed E-state index contributed by atoms with van der Waals surface area (Å²) in [4.78, 5) is 18.0. The molecule has 0 unspecified atom stereocenters. The maximum atomic E-state index is 11.6. The van der Waals surface area contributed by atoms with Crippen LogP contribution in [-0.4, -0.2) is 38.7 Å². The summed E-state index contributed by atoms with van der Waals surface area (Å²) in [5.41, 5.74) is 3.26. The van der Waals surface area contributed by atoms with E-state index in [9.17, 15) is 4.79 Å². The molecular formula is C17H22N4O. The zero-order valence-electron chi connectivity index (χ0n) is 13.2. The Morgan fingerprint density at radius 1 is 1.36 bits per heavy atom. The van der Waals surface area contributed by atoms with Crippen LogP contribution in [0.4, 0.5) is 0 Å². The topological polar surface area (TPSA) is 51.0 Å². The van der Waals surface area contributed by atoms with Crippen molar-refractivity contribution in [2.24, 2.45) is 13.0 Å². The molecule has 0 aliphatic carbocycles. The van der Waals surface area contributed by atoms with Gasteiger partial charge in [0.25, 0.3) is 0 Å². The van der Waals surface area contributed by atoms with Gasteiger partial charge < -0.3 is 4.90 Å². The molecular weight excluding hydrogens is 276 g/mol. The van der Waals surface area contributed by atoms with Crippen LogP contribution in [-0.2, 0) is 18.3 Å². The highest BCUT2D eigenvalue weighted by atomic mass is 16.2. The van der Waals surface area contributed by atoms with Crippen LogP contribution in [0.1, 0.15) is 25.3 Å². The second-order valence-electron chi connectivity index (χ2n) is 6.07. The Morgan fingerprint density at radius 3 is 2.95 bits per heavy atom. The summed E-state index contributed by atoms with van der Waals surface area (Å²) in [6, 6.07) is 6.19. The number of carbonyl (C=O) groups excluding carboxylic acids is 1. The van der Waals surface area contributed by atoms with Crippen molar-refractivity contribution in [3.8, 4) is 11.4 Å². The van der Waals surface area contributed by atoms with Crippen LogP contribution in [0.25, 0.3) is 11.4 Å². The van der Waals surface area contributed by atoms with Crippen molar-refractivity contribution in [1.82, 2.24) is 19.7 Å². The minimum atomic E-state index is 0.190. The van der Waals surface area contributed by atoms with E-state index in [4.69, 9.17) is 0 Å². The van der Waals surface area contributed by atoms with Crippen molar-refractivity contribution in [1.29, 1.82) is 0 Å². The summed E-state index contributed by atoms with van der Waals surface area (Å²) < 4.78 is 1.84. The minimum Gasteiger partial charge on any atom is -0.343 e. The quantitative estimate of drug-likeness (QED) is 0.873. The van der Waals surface area contributed by atoms with Crippen LogP contribution in [0.3, 0.4) is 0 Å². The number of pyridine rings is 1. The molecule has 0 radical (unpaired) electrons. The zero-order valence-corrected chi connectivity index (χ0v) is 13.2. The number of amides is 1. The summed E-state index contributed by atoms with van der Waals surface area (Å²) in [7, 11) is 1.93. The van der Waals surface area contributed by atoms with Gasteiger partial charge in [0, 0.05) is 39.5 Å². The van der Waals surface area contributed by atoms with Crippen LogP contribution in [0.2, 0.25) is 0 Å². The predicted molar refractivity (Wildman–Crippen MR) is 85.1 cm³/mol. The first-order valence-corrected chi connectivity index (χ1v) is 7.82. The lowest BCUT2D eigenvalue weighted by atomic mass is 9.91. The van der Waals surface area contributed by atoms with Gasteiger partial charge in [0.2, 0.25) is 5.91 Å². The Morgan fingerprint density at radius 2 is 2.23 bits per heavy atom. The van der Waals surface area contributed by atoms with Gasteiger partial charge in [0.15, 0.2) is 0 Å². The SMILES string of the molecule is CC(=O)N1CCC[C@@H](Cc2ccnc(-c3ccnn3C)c2)C1. The maximum absolute atomic E-state index is 11.6. The zero-order chi connectivity index (χ0) is 15.5. The predicted octanol–water partition coefficient (Wildman–Crippen LogP) is 2.28. The number of nitrogens with zero attached hydrogens (tertiary/aromatic N) is 4. The molecule has 1 fully saturated rings. The van der Waals surface area contributed by atoms with Gasteiger partial charge in [0.1, 0.15) is 0 Å². The molecule has 0 N–H and O–H groups in total. The van der Waals surface area contributed by atoms with Crippen LogP contribution < -0.4 is 0 Å². The molecule has 3 heterocycles. The Bertz CT molecular complexity index is 664. The Kier molecular flexibility index (Phi) is 4.22. The molecule has 22 heavy (non-hydrogen) atoms. The maximum Gasteiger partial charge on any atom is 0.219 e. The number of aromatic nitrogens is 3. The highest BCUT2D eigenvalue weighted by Gasteiger charge is 2.21. The molecule has 3 rings (SSSR count). The molecule has 0 spiro atoms. The average molecular weight is 298 g/mol. The van der Waals surface area contributed by atoms with Gasteiger partial charge in [-0.1, -0.05) is 0 Å². The molecule has 1 amide bonds. The molecule has 1 atom stereocenters. The summed E-state index contributed by atoms with van der Waals surface area (Å²) in [6.07, 6.45) is 6.94. The van der Waals surface area contributed by atoms with Gasteiger partial charge in [-0.05, 0) is 48.9 Å². The molecule has 116 valence electrons. The Labute approximate surface area is 131 Å². The first-order chi connectivity index (χ1) is 10.6. The molecule has 1 aliphatic rings. The lowest BCUT2D eigenvalue weighted by Gasteiger charge is -2.32. The fraction of sp³-hybridized carbons (Fsp3) is 0.471. The van der Waals surface area contributed by atoms with Gasteiger partial charge in [-0.2, -0.15) is 5.10 Å². The largest absolute Gasteiger partial charge is 0.343 e. The second kappa shape index (κ2) is 6.30. The van der Waals surface area contributed by atoms with E-state index in [0.29, 0.717) is 5.92 Å². The third-order valence-corrected chi connectivity index (χ3v) is 4.40. The summed E-state index contributed by atoms with van der Waals surface area (Å²) >= 11 is 0. The van der Waals surface area contributed by atoms with Crippen LogP contribution in [0, 0.1) is 5.92 Å². The molecule has 2 aromatic heterocycles. The fourth-order valence-electron chi connectivity index (χ4n) is 3.22. The van der Waals surface area contributed by atoms with Gasteiger partial charge in [0.05, 0.1) is 11.4 Å². The van der Waals surface area contributed by atoms with Crippen molar-refractivity contribution in [3.63, 3.8) is 0 Å². The molecule has 2 aromatic rings. The van der Waals surface area contributed by atoms with E-state index in [-0.39, 0.29) is 5.91 Å². The van der Waals surface area contributed by atoms with Crippen molar-refractivity contribution in [2.45, 2.75) is 26.2 Å². The van der Waals surface area contributed by atoms with Crippen LogP contribution in [0.5, 0.6) is 0 Å². The van der Waals surface area contributed by atoms with E-state index in [1.165, 1.54) is 12.0 Å². The Hall–Kier alpha value is -2.17. The fourth-order valence-corrected chi connectivity index (χ4v) is 3.22. The Balaban J connectivity index is 1.73. The molecule has 0 bridgehead atoms. The number of likely N-dealkylation sites (tertiary alicyclic amines) is 1. The first-order valence-electron chi connectivity index (χ1n) is 7.82. The third-order valence-electron chi connectivity index (χ3n) is 4.40. The van der Waals surface area contributed by atoms with Gasteiger partial charge in [-0.3, -0.25) is 14.5 Å². The highest BCUT2D eigenvalue weighted by molar-refractivity contribution is 5.73. The molecule has 5 heteroatoms. The van der Waals surface area contributed by atoms with Crippen LogP contribution in [0.15, 0.2) is 30.6 Å². The van der Waals surface area contributed by atoms with Crippen molar-refractivity contribution in [3.05, 3.63) is 36.2 Å². The standard InChI is InChI=1S/C17H22N4O/c1-13(22)21-9-3-4-15(12-21)10-14-5-7-18-16(11-14)17-6-8-19-20(17)2/h5-8,11,15H,3-4,9-10,12H2,1-2H3/t15-/m0/s1. The summed E-state index contributed by atoms with van der Waals surface area (Å²) in [6.45, 7) is 3.44. The molecule has 5 nitrogen and oxygen atoms in total. The number of carbonyl (C=O) groups is 1. The number of aryl methyl sites for hydroxylation is 1. The number of piperidine rings is 1. The van der Waals surface area contributed by atoms with E-state index in [1.54, 1.807) is 13.1 Å². The van der Waals surface area contributed by atoms with Crippen molar-refractivity contribution < 1.29 is 4.79 Å². The van der Waals surface area contributed by atoms with Gasteiger partial charge in [-0.25, -0.2) is 0 Å². The lowest BCUT2D eigenvalue weighted by molar-refractivity contribution is -0.130. The summed E-state index contributed by atoms with van der Waals surface area (Å²) in [5.74, 6) is 0.731. The monoisotopic (exact) mass is 298 g/mol. The van der Waals surface area contributed by atoms with E-state index in [0.717, 1.165) is 37.3 Å². The number of hydrogen-bond acceptors (Lipinski definition) is 3. The van der Waals surface area contributed by atoms with Crippen molar-refractivity contribution >= 4 is 5.91 Å². The molecule has 1 saturated heterocycles. The average Bonchev–Trinajstić information content (AvgIpc) is 2.94. The smallest absolute Gasteiger partial charge is 0.219 e. The van der Waals surface area contributed by atoms with Crippen molar-refractivity contribution in [2.75, 3.05) is 13.1 Å². The normalized spacial score (nSPS) is 18.5. The van der Waals surface area contributed by atoms with Gasteiger partial charge in [-0.15, -0.1) is 0 Å². The number of rotatable bonds is 3.